The molecule has 72 heavy (non-hydrogen) atoms. The van der Waals surface area contributed by atoms with E-state index >= 15 is 0 Å². The summed E-state index contributed by atoms with van der Waals surface area (Å²) in [5.41, 5.74) is 14.5. The maximum absolute atomic E-state index is 14.5. The molecule has 9 amide bonds. The first kappa shape index (κ1) is 55.5. The number of nitrogens with two attached hydrogens (primary N) is 2. The molecule has 0 radical (unpaired) electrons. The van der Waals surface area contributed by atoms with E-state index in [0.717, 1.165) is 11.1 Å². The smallest absolute Gasteiger partial charge is 0.245 e. The first-order valence-electron chi connectivity index (χ1n) is 24.4. The van der Waals surface area contributed by atoms with Crippen LogP contribution in [0.1, 0.15) is 76.0 Å². The van der Waals surface area contributed by atoms with E-state index in [4.69, 9.17) is 16.2 Å². The fourth-order valence-electron chi connectivity index (χ4n) is 9.10. The Kier molecular flexibility index (Phi) is 21.0. The van der Waals surface area contributed by atoms with Gasteiger partial charge in [0.1, 0.15) is 36.3 Å². The minimum Gasteiger partial charge on any atom is -0.377 e. The lowest BCUT2D eigenvalue weighted by molar-refractivity contribution is -0.141. The summed E-state index contributed by atoms with van der Waals surface area (Å²) in [4.78, 5) is 122. The van der Waals surface area contributed by atoms with Crippen LogP contribution in [0.5, 0.6) is 0 Å². The number of hydrogen-bond donors (Lipinski definition) is 8. The average Bonchev–Trinajstić information content (AvgIpc) is 3.97. The zero-order valence-corrected chi connectivity index (χ0v) is 41.2. The number of carbonyl (C=O) groups is 9. The molecule has 2 aliphatic rings. The van der Waals surface area contributed by atoms with Crippen molar-refractivity contribution < 1.29 is 47.9 Å². The van der Waals surface area contributed by atoms with E-state index in [2.05, 4.69) is 38.5 Å². The molecular formula is C53H69N9O10. The third-order valence-corrected chi connectivity index (χ3v) is 12.8. The zero-order valence-electron chi connectivity index (χ0n) is 41.2. The Morgan fingerprint density at radius 1 is 0.750 bits per heavy atom. The van der Waals surface area contributed by atoms with Crippen LogP contribution in [-0.4, -0.2) is 114 Å². The van der Waals surface area contributed by atoms with E-state index in [9.17, 15) is 43.2 Å². The van der Waals surface area contributed by atoms with Gasteiger partial charge in [0.25, 0.3) is 0 Å². The van der Waals surface area contributed by atoms with E-state index in [1.54, 1.807) is 60.7 Å². The lowest BCUT2D eigenvalue weighted by Gasteiger charge is -2.30. The molecule has 5 rings (SSSR count). The highest BCUT2D eigenvalue weighted by molar-refractivity contribution is 5.98. The minimum atomic E-state index is -1.33. The van der Waals surface area contributed by atoms with Gasteiger partial charge in [0.2, 0.25) is 53.2 Å². The maximum atomic E-state index is 14.5. The van der Waals surface area contributed by atoms with Crippen LogP contribution in [0.3, 0.4) is 0 Å². The zero-order chi connectivity index (χ0) is 52.3. The number of benzene rings is 3. The van der Waals surface area contributed by atoms with Crippen molar-refractivity contribution in [1.29, 1.82) is 0 Å². The number of likely N-dealkylation sites (tertiary alicyclic amines) is 1. The Labute approximate surface area is 420 Å². The number of ether oxygens (including phenoxy) is 1. The van der Waals surface area contributed by atoms with Gasteiger partial charge in [-0.05, 0) is 61.1 Å². The molecule has 19 heteroatoms. The molecule has 3 aromatic rings. The Bertz CT molecular complexity index is 2390. The molecule has 3 aromatic carbocycles. The molecular weight excluding hydrogens is 923 g/mol. The van der Waals surface area contributed by atoms with Gasteiger partial charge in [-0.3, -0.25) is 43.2 Å². The van der Waals surface area contributed by atoms with Crippen LogP contribution in [0.2, 0.25) is 0 Å². The molecule has 2 aliphatic heterocycles. The second-order valence-corrected chi connectivity index (χ2v) is 19.0. The summed E-state index contributed by atoms with van der Waals surface area (Å²) in [6.45, 7) is 9.98. The molecule has 19 nitrogen and oxygen atoms in total. The van der Waals surface area contributed by atoms with Crippen molar-refractivity contribution in [3.63, 3.8) is 0 Å². The molecule has 386 valence electrons. The van der Waals surface area contributed by atoms with Crippen LogP contribution in [0, 0.1) is 17.8 Å². The van der Waals surface area contributed by atoms with E-state index in [0.29, 0.717) is 30.8 Å². The van der Waals surface area contributed by atoms with Gasteiger partial charge in [-0.1, -0.05) is 117 Å². The van der Waals surface area contributed by atoms with Crippen LogP contribution in [0.15, 0.2) is 103 Å². The van der Waals surface area contributed by atoms with Crippen molar-refractivity contribution in [3.05, 3.63) is 120 Å². The summed E-state index contributed by atoms with van der Waals surface area (Å²) in [7, 11) is 0. The quantitative estimate of drug-likeness (QED) is 0.0399. The van der Waals surface area contributed by atoms with Gasteiger partial charge in [-0.15, -0.1) is 0 Å². The summed E-state index contributed by atoms with van der Waals surface area (Å²) < 4.78 is 5.95. The number of nitrogens with zero attached hydrogens (tertiary/aromatic N) is 1. The van der Waals surface area contributed by atoms with E-state index in [-0.39, 0.29) is 75.2 Å². The van der Waals surface area contributed by atoms with Crippen LogP contribution in [0.4, 0.5) is 0 Å². The molecule has 2 saturated heterocycles. The number of rotatable bonds is 27. The predicted molar refractivity (Wildman–Crippen MR) is 267 cm³/mol. The Balaban J connectivity index is 1.30. The standard InChI is InChI=1S/C53H69N9O10/c1-32(2)26-43(53(71)62-30-38(33(3)4)37(47(62)48(55)66)24-25-72-31-36-18-12-7-13-19-36)58-46(65)29-56-49(67)41(27-34-14-8-5-9-15-34)60-52(70)42(28-35-16-10-6-11-17-35)61-51(69)40(20-22-44(54)63)59-50(68)39-21-23-45(64)57-39/h5-19,32,37-43,47H,3,20-31H2,1-2,4H3,(H2,54,63)(H2,55,66)(H,56,67)(H,57,64)(H,58,65)(H,59,68)(H,60,70)(H,61,69)/t37-,38+,39-,40-,41-,42-,43-,47-/m0/s1. The number of carbonyl (C=O) groups excluding carboxylic acids is 9. The molecule has 0 spiro atoms. The van der Waals surface area contributed by atoms with Crippen molar-refractivity contribution in [2.45, 2.75) is 115 Å². The fraction of sp³-hybridized carbons (Fsp3) is 0.453. The third kappa shape index (κ3) is 16.9. The normalized spacial score (nSPS) is 18.9. The van der Waals surface area contributed by atoms with Gasteiger partial charge in [0, 0.05) is 44.8 Å². The van der Waals surface area contributed by atoms with Crippen LogP contribution < -0.4 is 43.4 Å². The van der Waals surface area contributed by atoms with E-state index in [1.165, 1.54) is 4.90 Å². The summed E-state index contributed by atoms with van der Waals surface area (Å²) >= 11 is 0. The molecule has 2 heterocycles. The van der Waals surface area contributed by atoms with Crippen molar-refractivity contribution in [3.8, 4) is 0 Å². The molecule has 0 aliphatic carbocycles. The highest BCUT2D eigenvalue weighted by Crippen LogP contribution is 2.37. The molecule has 0 saturated carbocycles. The topological polar surface area (TPSA) is 290 Å². The first-order chi connectivity index (χ1) is 34.4. The van der Waals surface area contributed by atoms with Crippen molar-refractivity contribution >= 4 is 53.2 Å². The van der Waals surface area contributed by atoms with Crippen LogP contribution in [0.25, 0.3) is 0 Å². The molecule has 0 unspecified atom stereocenters. The lowest BCUT2D eigenvalue weighted by atomic mass is 9.84. The molecule has 8 atom stereocenters. The highest BCUT2D eigenvalue weighted by atomic mass is 16.5. The lowest BCUT2D eigenvalue weighted by Crippen LogP contribution is -2.59. The average molecular weight is 992 g/mol. The SMILES string of the molecule is C=C(C)[C@H]1CN(C(=O)[C@H](CC(C)C)NC(=O)CNC(=O)[C@H](Cc2ccccc2)NC(=O)[C@H](Cc2ccccc2)NC(=O)[C@H](CCC(N)=O)NC(=O)[C@@H]2CCC(=O)N2)[C@H](C(N)=O)[C@H]1CCOCc1ccccc1. The second kappa shape index (κ2) is 27.3. The largest absolute Gasteiger partial charge is 0.377 e. The van der Waals surface area contributed by atoms with Gasteiger partial charge in [0.15, 0.2) is 0 Å². The summed E-state index contributed by atoms with van der Waals surface area (Å²) in [6.07, 6.45) is 0.387. The third-order valence-electron chi connectivity index (χ3n) is 12.8. The molecule has 10 N–H and O–H groups in total. The Hall–Kier alpha value is -7.41. The molecule has 0 aromatic heterocycles. The first-order valence-corrected chi connectivity index (χ1v) is 24.4. The van der Waals surface area contributed by atoms with Gasteiger partial charge in [0.05, 0.1) is 13.2 Å². The van der Waals surface area contributed by atoms with Crippen molar-refractivity contribution in [2.24, 2.45) is 29.2 Å². The van der Waals surface area contributed by atoms with E-state index in [1.807, 2.05) is 51.1 Å². The predicted octanol–water partition coefficient (Wildman–Crippen LogP) is 1.23. The minimum absolute atomic E-state index is 0.0310. The number of hydrogen-bond acceptors (Lipinski definition) is 10. The summed E-state index contributed by atoms with van der Waals surface area (Å²) in [5, 5.41) is 15.9. The van der Waals surface area contributed by atoms with Gasteiger partial charge in [-0.25, -0.2) is 0 Å². The Morgan fingerprint density at radius 3 is 1.82 bits per heavy atom. The van der Waals surface area contributed by atoms with Crippen molar-refractivity contribution in [2.75, 3.05) is 19.7 Å². The monoisotopic (exact) mass is 992 g/mol. The van der Waals surface area contributed by atoms with Crippen LogP contribution >= 0.6 is 0 Å². The van der Waals surface area contributed by atoms with E-state index < -0.39 is 90.1 Å². The van der Waals surface area contributed by atoms with Crippen LogP contribution in [-0.2, 0) is 67.3 Å². The molecule has 0 bridgehead atoms. The highest BCUT2D eigenvalue weighted by Gasteiger charge is 2.48. The number of nitrogens with one attached hydrogen (secondary N) is 6. The van der Waals surface area contributed by atoms with Gasteiger partial charge >= 0.3 is 0 Å². The maximum Gasteiger partial charge on any atom is 0.245 e. The van der Waals surface area contributed by atoms with Crippen molar-refractivity contribution in [1.82, 2.24) is 36.8 Å². The van der Waals surface area contributed by atoms with Gasteiger partial charge in [-0.2, -0.15) is 0 Å². The second-order valence-electron chi connectivity index (χ2n) is 19.0. The Morgan fingerprint density at radius 2 is 1.31 bits per heavy atom. The summed E-state index contributed by atoms with van der Waals surface area (Å²) in [5.74, 6) is -6.69. The number of amides is 9. The molecule has 2 fully saturated rings. The van der Waals surface area contributed by atoms with Gasteiger partial charge < -0.3 is 53.0 Å². The fourth-order valence-corrected chi connectivity index (χ4v) is 9.10. The number of primary amides is 2. The summed E-state index contributed by atoms with van der Waals surface area (Å²) in [6, 6.07) is 20.3.